The molecule has 8 nitrogen and oxygen atoms in total. The first kappa shape index (κ1) is 66.3. The number of esters is 2. The van der Waals surface area contributed by atoms with Crippen LogP contribution in [0.3, 0.4) is 0 Å². The summed E-state index contributed by atoms with van der Waals surface area (Å²) >= 11 is 0. The third kappa shape index (κ3) is 50.0. The first-order valence-electron chi connectivity index (χ1n) is 29.2. The maximum absolute atomic E-state index is 12.8. The molecule has 0 N–H and O–H groups in total. The van der Waals surface area contributed by atoms with Crippen LogP contribution >= 0.6 is 0 Å². The number of carboxylic acids is 1. The summed E-state index contributed by atoms with van der Waals surface area (Å²) in [6.07, 6.45) is 64.4. The van der Waals surface area contributed by atoms with E-state index >= 15 is 0 Å². The maximum atomic E-state index is 12.8. The van der Waals surface area contributed by atoms with Gasteiger partial charge in [0.2, 0.25) is 0 Å². The molecule has 2 unspecified atom stereocenters. The summed E-state index contributed by atoms with van der Waals surface area (Å²) in [7, 11) is 5.43. The van der Waals surface area contributed by atoms with Gasteiger partial charge in [-0.1, -0.05) is 249 Å². The number of aliphatic carboxylic acids is 1. The molecule has 0 rings (SSSR count). The van der Waals surface area contributed by atoms with Gasteiger partial charge in [0, 0.05) is 19.3 Å². The number of rotatable bonds is 53. The number of likely N-dealkylation sites (N-methyl/N-ethyl adjacent to an activating group) is 1. The van der Waals surface area contributed by atoms with E-state index in [2.05, 4.69) is 62.5 Å². The van der Waals surface area contributed by atoms with E-state index in [0.717, 1.165) is 64.2 Å². The van der Waals surface area contributed by atoms with Gasteiger partial charge < -0.3 is 28.6 Å². The highest BCUT2D eigenvalue weighted by atomic mass is 16.6. The Balaban J connectivity index is 4.14. The fourth-order valence-electron chi connectivity index (χ4n) is 8.77. The van der Waals surface area contributed by atoms with Crippen molar-refractivity contribution < 1.29 is 38.2 Å². The minimum atomic E-state index is -1.12. The SMILES string of the molecule is CC/C=C/C/C=C/C/C=C/C/C=C/CCCCCCCCCCCCC(=O)OC(COCCC(C(=O)[O-])[N+](C)(C)C)COC(=O)CCCCCCCCCCCCCCCCCCCCCCCC. The molecule has 0 aliphatic carbocycles. The highest BCUT2D eigenvalue weighted by molar-refractivity contribution is 5.70. The molecule has 0 fully saturated rings. The Morgan fingerprint density at radius 3 is 1.20 bits per heavy atom. The van der Waals surface area contributed by atoms with Gasteiger partial charge in [-0.05, 0) is 51.4 Å². The van der Waals surface area contributed by atoms with Gasteiger partial charge in [0.05, 0.1) is 40.3 Å². The van der Waals surface area contributed by atoms with Crippen LogP contribution in [0.2, 0.25) is 0 Å². The van der Waals surface area contributed by atoms with Gasteiger partial charge in [0.15, 0.2) is 6.10 Å². The molecule has 8 heteroatoms. The zero-order chi connectivity index (χ0) is 50.6. The molecule has 2 atom stereocenters. The zero-order valence-electron chi connectivity index (χ0n) is 46.0. The van der Waals surface area contributed by atoms with E-state index in [4.69, 9.17) is 14.2 Å². The predicted octanol–water partition coefficient (Wildman–Crippen LogP) is 16.2. The molecule has 0 amide bonds. The van der Waals surface area contributed by atoms with Crippen LogP contribution in [0.4, 0.5) is 0 Å². The lowest BCUT2D eigenvalue weighted by atomic mass is 10.0. The van der Waals surface area contributed by atoms with E-state index in [9.17, 15) is 19.5 Å². The lowest BCUT2D eigenvalue weighted by molar-refractivity contribution is -0.889. The average Bonchev–Trinajstić information content (AvgIpc) is 3.31. The standard InChI is InChI=1S/C61H111NO7/c1-6-8-10-12-14-16-18-20-22-24-26-28-30-32-34-36-38-40-42-44-46-48-50-52-60(64)69-57(55-67-54-53-58(61(65)66)62(3,4)5)56-68-59(63)51-49-47-45-43-41-39-37-35-33-31-29-27-25-23-21-19-17-15-13-11-9-7-2/h8,10,14,16,20,22,26,28,57-58H,6-7,9,11-13,15,17-19,21,23-25,27,29-56H2,1-5H3/b10-8+,16-14+,22-20+,28-26+. The maximum Gasteiger partial charge on any atom is 0.306 e. The molecular weight excluding hydrogens is 859 g/mol. The van der Waals surface area contributed by atoms with Crippen LogP contribution in [0.1, 0.15) is 271 Å². The summed E-state index contributed by atoms with van der Waals surface area (Å²) < 4.78 is 17.3. The quantitative estimate of drug-likeness (QED) is 0.0259. The molecule has 0 aromatic rings. The third-order valence-electron chi connectivity index (χ3n) is 13.2. The van der Waals surface area contributed by atoms with Crippen molar-refractivity contribution in [1.29, 1.82) is 0 Å². The van der Waals surface area contributed by atoms with E-state index < -0.39 is 18.1 Å². The third-order valence-corrected chi connectivity index (χ3v) is 13.2. The Bertz CT molecular complexity index is 1270. The first-order chi connectivity index (χ1) is 33.6. The van der Waals surface area contributed by atoms with Gasteiger partial charge >= 0.3 is 11.9 Å². The zero-order valence-corrected chi connectivity index (χ0v) is 46.0. The number of hydrogen-bond donors (Lipinski definition) is 0. The fourth-order valence-corrected chi connectivity index (χ4v) is 8.77. The van der Waals surface area contributed by atoms with Gasteiger partial charge in [-0.3, -0.25) is 9.59 Å². The minimum absolute atomic E-state index is 0.0414. The topological polar surface area (TPSA) is 102 Å². The Morgan fingerprint density at radius 1 is 0.449 bits per heavy atom. The van der Waals surface area contributed by atoms with Gasteiger partial charge in [-0.25, -0.2) is 0 Å². The van der Waals surface area contributed by atoms with Crippen molar-refractivity contribution in [3.05, 3.63) is 48.6 Å². The Morgan fingerprint density at radius 2 is 0.812 bits per heavy atom. The number of carbonyl (C=O) groups excluding carboxylic acids is 3. The van der Waals surface area contributed by atoms with E-state index in [1.807, 2.05) is 21.1 Å². The summed E-state index contributed by atoms with van der Waals surface area (Å²) in [6.45, 7) is 4.60. The van der Waals surface area contributed by atoms with E-state index in [1.165, 1.54) is 173 Å². The molecule has 0 aromatic carbocycles. The first-order valence-corrected chi connectivity index (χ1v) is 29.2. The second kappa shape index (κ2) is 51.6. The van der Waals surface area contributed by atoms with Crippen LogP contribution in [0.25, 0.3) is 0 Å². The summed E-state index contributed by atoms with van der Waals surface area (Å²) in [5.74, 6) is -1.72. The molecular formula is C61H111NO7. The molecule has 0 radical (unpaired) electrons. The van der Waals surface area contributed by atoms with Crippen LogP contribution in [0, 0.1) is 0 Å². The van der Waals surface area contributed by atoms with Gasteiger partial charge in [-0.2, -0.15) is 0 Å². The predicted molar refractivity (Wildman–Crippen MR) is 291 cm³/mol. The second-order valence-corrected chi connectivity index (χ2v) is 20.9. The van der Waals surface area contributed by atoms with E-state index in [1.54, 1.807) is 0 Å². The normalized spacial score (nSPS) is 13.1. The highest BCUT2D eigenvalue weighted by Gasteiger charge is 2.25. The monoisotopic (exact) mass is 970 g/mol. The summed E-state index contributed by atoms with van der Waals surface area (Å²) in [6, 6.07) is -0.727. The summed E-state index contributed by atoms with van der Waals surface area (Å²) in [4.78, 5) is 37.2. The lowest BCUT2D eigenvalue weighted by Gasteiger charge is -2.34. The van der Waals surface area contributed by atoms with Crippen LogP contribution in [0.5, 0.6) is 0 Å². The van der Waals surface area contributed by atoms with E-state index in [-0.39, 0.29) is 42.7 Å². The average molecular weight is 971 g/mol. The summed E-state index contributed by atoms with van der Waals surface area (Å²) in [5, 5.41) is 11.7. The second-order valence-electron chi connectivity index (χ2n) is 20.9. The van der Waals surface area contributed by atoms with Crippen LogP contribution < -0.4 is 5.11 Å². The van der Waals surface area contributed by atoms with Crippen molar-refractivity contribution in [2.45, 2.75) is 283 Å². The molecule has 0 bridgehead atoms. The van der Waals surface area contributed by atoms with Gasteiger partial charge in [0.1, 0.15) is 12.6 Å². The molecule has 0 aliphatic heterocycles. The van der Waals surface area contributed by atoms with Gasteiger partial charge in [-0.15, -0.1) is 0 Å². The minimum Gasteiger partial charge on any atom is -0.544 e. The molecule has 0 aromatic heterocycles. The number of allylic oxidation sites excluding steroid dienone is 8. The fraction of sp³-hybridized carbons (Fsp3) is 0.820. The lowest BCUT2D eigenvalue weighted by Crippen LogP contribution is -2.55. The Kier molecular flexibility index (Phi) is 49.6. The van der Waals surface area contributed by atoms with Crippen LogP contribution in [0.15, 0.2) is 48.6 Å². The number of carboxylic acid groups (broad SMARTS) is 1. The molecule has 0 saturated carbocycles. The van der Waals surface area contributed by atoms with Gasteiger partial charge in [0.25, 0.3) is 0 Å². The molecule has 0 aliphatic rings. The number of unbranched alkanes of at least 4 members (excludes halogenated alkanes) is 31. The van der Waals surface area contributed by atoms with E-state index in [0.29, 0.717) is 12.8 Å². The summed E-state index contributed by atoms with van der Waals surface area (Å²) in [5.41, 5.74) is 0. The Hall–Kier alpha value is -2.71. The number of ether oxygens (including phenoxy) is 3. The van der Waals surface area contributed by atoms with Crippen molar-refractivity contribution in [2.75, 3.05) is 41.0 Å². The van der Waals surface area contributed by atoms with Crippen molar-refractivity contribution in [2.24, 2.45) is 0 Å². The molecule has 0 spiro atoms. The van der Waals surface area contributed by atoms with Crippen LogP contribution in [-0.2, 0) is 28.6 Å². The van der Waals surface area contributed by atoms with Crippen molar-refractivity contribution in [3.8, 4) is 0 Å². The molecule has 402 valence electrons. The molecule has 0 heterocycles. The Labute approximate surface area is 426 Å². The highest BCUT2D eigenvalue weighted by Crippen LogP contribution is 2.17. The van der Waals surface area contributed by atoms with Crippen LogP contribution in [-0.4, -0.2) is 75.5 Å². The molecule has 0 saturated heterocycles. The smallest absolute Gasteiger partial charge is 0.306 e. The number of hydrogen-bond acceptors (Lipinski definition) is 7. The largest absolute Gasteiger partial charge is 0.544 e. The van der Waals surface area contributed by atoms with Crippen molar-refractivity contribution >= 4 is 17.9 Å². The number of carbonyl (C=O) groups is 3. The van der Waals surface area contributed by atoms with Crippen molar-refractivity contribution in [1.82, 2.24) is 0 Å². The molecule has 69 heavy (non-hydrogen) atoms. The number of quaternary nitrogens is 1. The van der Waals surface area contributed by atoms with Crippen molar-refractivity contribution in [3.63, 3.8) is 0 Å². The number of nitrogens with zero attached hydrogens (tertiary/aromatic N) is 1.